The Labute approximate surface area is 97.4 Å². The predicted octanol–water partition coefficient (Wildman–Crippen LogP) is 0.956. The second-order valence-corrected chi connectivity index (χ2v) is 4.61. The van der Waals surface area contributed by atoms with Gasteiger partial charge in [0, 0.05) is 12.5 Å². The van der Waals surface area contributed by atoms with Crippen LogP contribution in [-0.2, 0) is 9.59 Å². The summed E-state index contributed by atoms with van der Waals surface area (Å²) >= 11 is 0. The third kappa shape index (κ3) is 4.75. The van der Waals surface area contributed by atoms with E-state index in [2.05, 4.69) is 12.2 Å². The number of Topliss-reactive ketones (excluding diaryl/α,β-unsaturated/α-hetero) is 1. The first kappa shape index (κ1) is 13.2. The highest BCUT2D eigenvalue weighted by Gasteiger charge is 2.19. The number of hydrogen-bond donors (Lipinski definition) is 1. The molecule has 1 saturated heterocycles. The smallest absolute Gasteiger partial charge is 0.234 e. The van der Waals surface area contributed by atoms with E-state index >= 15 is 0 Å². The zero-order valence-electron chi connectivity index (χ0n) is 10.3. The Hall–Kier alpha value is -0.900. The molecule has 1 N–H and O–H groups in total. The van der Waals surface area contributed by atoms with Crippen LogP contribution in [0.4, 0.5) is 0 Å². The van der Waals surface area contributed by atoms with E-state index in [0.717, 1.165) is 25.8 Å². The average Bonchev–Trinajstić information content (AvgIpc) is 2.17. The Balaban J connectivity index is 2.25. The molecule has 1 heterocycles. The number of rotatable bonds is 5. The fourth-order valence-corrected chi connectivity index (χ4v) is 2.07. The van der Waals surface area contributed by atoms with Gasteiger partial charge in [0.1, 0.15) is 5.78 Å². The van der Waals surface area contributed by atoms with Crippen molar-refractivity contribution in [2.45, 2.75) is 45.6 Å². The molecule has 92 valence electrons. The number of amides is 1. The maximum Gasteiger partial charge on any atom is 0.234 e. The molecule has 0 spiro atoms. The van der Waals surface area contributed by atoms with E-state index in [4.69, 9.17) is 0 Å². The number of hydrogen-bond acceptors (Lipinski definition) is 3. The molecule has 0 aromatic carbocycles. The first-order chi connectivity index (χ1) is 7.61. The molecule has 4 heteroatoms. The molecule has 4 nitrogen and oxygen atoms in total. The summed E-state index contributed by atoms with van der Waals surface area (Å²) in [5.74, 6) is 0.288. The highest BCUT2D eigenvalue weighted by Crippen LogP contribution is 2.05. The Bertz CT molecular complexity index is 253. The number of carbonyl (C=O) groups excluding carboxylic acids is 2. The maximum absolute atomic E-state index is 11.6. The molecule has 0 aromatic heterocycles. The lowest BCUT2D eigenvalue weighted by Gasteiger charge is -2.25. The van der Waals surface area contributed by atoms with Crippen LogP contribution in [0.2, 0.25) is 0 Å². The minimum atomic E-state index is 0.0376. The number of carbonyl (C=O) groups is 2. The largest absolute Gasteiger partial charge is 0.353 e. The van der Waals surface area contributed by atoms with Gasteiger partial charge in [-0.1, -0.05) is 13.3 Å². The van der Waals surface area contributed by atoms with Crippen molar-refractivity contribution >= 4 is 11.7 Å². The summed E-state index contributed by atoms with van der Waals surface area (Å²) in [7, 11) is 0. The molecule has 1 rings (SSSR count). The first-order valence-corrected chi connectivity index (χ1v) is 6.15. The number of ketones is 1. The minimum Gasteiger partial charge on any atom is -0.353 e. The van der Waals surface area contributed by atoms with Crippen molar-refractivity contribution in [3.63, 3.8) is 0 Å². The van der Waals surface area contributed by atoms with Crippen molar-refractivity contribution in [1.29, 1.82) is 0 Å². The molecule has 0 bridgehead atoms. The van der Waals surface area contributed by atoms with Crippen molar-refractivity contribution in [2.75, 3.05) is 19.6 Å². The molecule has 0 radical (unpaired) electrons. The normalized spacial score (nSPS) is 19.5. The minimum absolute atomic E-state index is 0.0376. The second kappa shape index (κ2) is 6.63. The number of nitrogens with one attached hydrogen (secondary N) is 1. The molecule has 1 fully saturated rings. The predicted molar refractivity (Wildman–Crippen MR) is 63.2 cm³/mol. The number of likely N-dealkylation sites (tertiary alicyclic amines) is 1. The van der Waals surface area contributed by atoms with E-state index in [1.165, 1.54) is 0 Å². The third-order valence-corrected chi connectivity index (χ3v) is 2.83. The average molecular weight is 226 g/mol. The number of piperidine rings is 1. The van der Waals surface area contributed by atoms with Crippen LogP contribution < -0.4 is 5.32 Å². The summed E-state index contributed by atoms with van der Waals surface area (Å²) < 4.78 is 0. The standard InChI is InChI=1S/C12H22N2O2/c1-3-5-10(2)13-12(16)9-14-7-4-6-11(15)8-14/h10H,3-9H2,1-2H3,(H,13,16). The molecule has 0 aromatic rings. The van der Waals surface area contributed by atoms with Gasteiger partial charge in [-0.25, -0.2) is 0 Å². The number of nitrogens with zero attached hydrogens (tertiary/aromatic N) is 1. The SMILES string of the molecule is CCCC(C)NC(=O)CN1CCCC(=O)C1. The van der Waals surface area contributed by atoms with Gasteiger partial charge in [0.2, 0.25) is 5.91 Å². The molecule has 0 aliphatic carbocycles. The summed E-state index contributed by atoms with van der Waals surface area (Å²) in [5, 5.41) is 2.95. The molecule has 1 aliphatic rings. The van der Waals surface area contributed by atoms with Gasteiger partial charge in [0.15, 0.2) is 0 Å². The van der Waals surface area contributed by atoms with Crippen LogP contribution in [0, 0.1) is 0 Å². The van der Waals surface area contributed by atoms with Crippen molar-refractivity contribution in [3.05, 3.63) is 0 Å². The molecule has 1 aliphatic heterocycles. The van der Waals surface area contributed by atoms with Gasteiger partial charge in [-0.3, -0.25) is 14.5 Å². The topological polar surface area (TPSA) is 49.4 Å². The van der Waals surface area contributed by atoms with Gasteiger partial charge in [-0.05, 0) is 26.3 Å². The van der Waals surface area contributed by atoms with Gasteiger partial charge < -0.3 is 5.32 Å². The lowest BCUT2D eigenvalue weighted by atomic mass is 10.1. The Morgan fingerprint density at radius 3 is 2.94 bits per heavy atom. The van der Waals surface area contributed by atoms with Gasteiger partial charge >= 0.3 is 0 Å². The van der Waals surface area contributed by atoms with E-state index in [-0.39, 0.29) is 17.7 Å². The summed E-state index contributed by atoms with van der Waals surface area (Å²) in [6.45, 7) is 5.78. The zero-order valence-corrected chi connectivity index (χ0v) is 10.3. The molecule has 0 saturated carbocycles. The van der Waals surface area contributed by atoms with Crippen LogP contribution in [-0.4, -0.2) is 42.3 Å². The molecule has 1 unspecified atom stereocenters. The molecular formula is C12H22N2O2. The lowest BCUT2D eigenvalue weighted by Crippen LogP contribution is -2.44. The monoisotopic (exact) mass is 226 g/mol. The zero-order chi connectivity index (χ0) is 12.0. The van der Waals surface area contributed by atoms with Crippen LogP contribution in [0.5, 0.6) is 0 Å². The Morgan fingerprint density at radius 2 is 2.31 bits per heavy atom. The van der Waals surface area contributed by atoms with E-state index in [0.29, 0.717) is 19.5 Å². The van der Waals surface area contributed by atoms with Crippen LogP contribution in [0.3, 0.4) is 0 Å². The van der Waals surface area contributed by atoms with Crippen LogP contribution in [0.25, 0.3) is 0 Å². The van der Waals surface area contributed by atoms with E-state index < -0.39 is 0 Å². The third-order valence-electron chi connectivity index (χ3n) is 2.83. The Kier molecular flexibility index (Phi) is 5.46. The summed E-state index contributed by atoms with van der Waals surface area (Å²) in [5.41, 5.74) is 0. The van der Waals surface area contributed by atoms with E-state index in [9.17, 15) is 9.59 Å². The molecular weight excluding hydrogens is 204 g/mol. The van der Waals surface area contributed by atoms with Crippen molar-refractivity contribution in [1.82, 2.24) is 10.2 Å². The fourth-order valence-electron chi connectivity index (χ4n) is 2.07. The summed E-state index contributed by atoms with van der Waals surface area (Å²) in [6, 6.07) is 0.234. The van der Waals surface area contributed by atoms with Crippen LogP contribution in [0.15, 0.2) is 0 Å². The Morgan fingerprint density at radius 1 is 1.56 bits per heavy atom. The van der Waals surface area contributed by atoms with Crippen LogP contribution in [0.1, 0.15) is 39.5 Å². The van der Waals surface area contributed by atoms with E-state index in [1.54, 1.807) is 0 Å². The van der Waals surface area contributed by atoms with Crippen molar-refractivity contribution < 1.29 is 9.59 Å². The van der Waals surface area contributed by atoms with Gasteiger partial charge in [-0.2, -0.15) is 0 Å². The molecule has 16 heavy (non-hydrogen) atoms. The van der Waals surface area contributed by atoms with Gasteiger partial charge in [0.25, 0.3) is 0 Å². The van der Waals surface area contributed by atoms with E-state index in [1.807, 2.05) is 11.8 Å². The van der Waals surface area contributed by atoms with Gasteiger partial charge in [-0.15, -0.1) is 0 Å². The van der Waals surface area contributed by atoms with Crippen molar-refractivity contribution in [3.8, 4) is 0 Å². The maximum atomic E-state index is 11.6. The van der Waals surface area contributed by atoms with Crippen molar-refractivity contribution in [2.24, 2.45) is 0 Å². The highest BCUT2D eigenvalue weighted by molar-refractivity contribution is 5.83. The summed E-state index contributed by atoms with van der Waals surface area (Å²) in [6.07, 6.45) is 3.63. The quantitative estimate of drug-likeness (QED) is 0.759. The fraction of sp³-hybridized carbons (Fsp3) is 0.833. The second-order valence-electron chi connectivity index (χ2n) is 4.61. The summed E-state index contributed by atoms with van der Waals surface area (Å²) in [4.78, 5) is 24.8. The lowest BCUT2D eigenvalue weighted by molar-refractivity contribution is -0.126. The van der Waals surface area contributed by atoms with Gasteiger partial charge in [0.05, 0.1) is 13.1 Å². The molecule has 1 atom stereocenters. The molecule has 1 amide bonds. The van der Waals surface area contributed by atoms with Crippen LogP contribution >= 0.6 is 0 Å². The first-order valence-electron chi connectivity index (χ1n) is 6.15. The highest BCUT2D eigenvalue weighted by atomic mass is 16.2.